The molecule has 112 valence electrons. The van der Waals surface area contributed by atoms with Gasteiger partial charge in [0.25, 0.3) is 5.91 Å². The van der Waals surface area contributed by atoms with Gasteiger partial charge in [-0.05, 0) is 24.3 Å². The van der Waals surface area contributed by atoms with E-state index in [9.17, 15) is 4.79 Å². The number of aromatic nitrogens is 6. The number of amides is 1. The third-order valence-corrected chi connectivity index (χ3v) is 3.27. The van der Waals surface area contributed by atoms with E-state index in [1.807, 2.05) is 29.1 Å². The molecule has 0 bridgehead atoms. The fraction of sp³-hybridized carbons (Fsp3) is 0. The van der Waals surface area contributed by atoms with Crippen molar-refractivity contribution in [2.75, 3.05) is 5.32 Å². The van der Waals surface area contributed by atoms with Crippen molar-refractivity contribution in [3.63, 3.8) is 0 Å². The summed E-state index contributed by atoms with van der Waals surface area (Å²) in [6.07, 6.45) is 10.1. The molecular formula is C15H11N7O. The van der Waals surface area contributed by atoms with Gasteiger partial charge in [-0.25, -0.2) is 9.50 Å². The van der Waals surface area contributed by atoms with E-state index >= 15 is 0 Å². The lowest BCUT2D eigenvalue weighted by Crippen LogP contribution is -2.13. The Balaban J connectivity index is 1.63. The summed E-state index contributed by atoms with van der Waals surface area (Å²) in [4.78, 5) is 24.3. The van der Waals surface area contributed by atoms with Crippen molar-refractivity contribution in [3.8, 4) is 5.69 Å². The SMILES string of the molecule is O=C(Nc1nc2ccc(-n3ccnc3)cn2n1)c1cccnc1. The fourth-order valence-corrected chi connectivity index (χ4v) is 2.16. The lowest BCUT2D eigenvalue weighted by molar-refractivity contribution is 0.102. The molecular weight excluding hydrogens is 294 g/mol. The molecule has 4 rings (SSSR count). The first-order valence-electron chi connectivity index (χ1n) is 6.86. The molecule has 23 heavy (non-hydrogen) atoms. The van der Waals surface area contributed by atoms with Crippen LogP contribution in [0.5, 0.6) is 0 Å². The topological polar surface area (TPSA) is 90.0 Å². The largest absolute Gasteiger partial charge is 0.305 e. The number of fused-ring (bicyclic) bond motifs is 1. The number of carbonyl (C=O) groups excluding carboxylic acids is 1. The number of anilines is 1. The van der Waals surface area contributed by atoms with Gasteiger partial charge >= 0.3 is 0 Å². The van der Waals surface area contributed by atoms with Crippen molar-refractivity contribution < 1.29 is 4.79 Å². The standard InChI is InChI=1S/C15H11N7O/c23-14(11-2-1-5-16-8-11)19-15-18-13-4-3-12(9-22(13)20-15)21-7-6-17-10-21/h1-10H,(H,19,20,23). The van der Waals surface area contributed by atoms with Gasteiger partial charge in [-0.3, -0.25) is 15.1 Å². The average Bonchev–Trinajstić information content (AvgIpc) is 3.24. The first kappa shape index (κ1) is 13.1. The Kier molecular flexibility index (Phi) is 3.05. The van der Waals surface area contributed by atoms with Gasteiger partial charge in [0.1, 0.15) is 0 Å². The molecule has 0 unspecified atom stereocenters. The van der Waals surface area contributed by atoms with Gasteiger partial charge in [0, 0.05) is 24.8 Å². The van der Waals surface area contributed by atoms with E-state index < -0.39 is 0 Å². The first-order chi connectivity index (χ1) is 11.3. The highest BCUT2D eigenvalue weighted by Crippen LogP contribution is 2.12. The predicted octanol–water partition coefficient (Wildman–Crippen LogP) is 1.56. The van der Waals surface area contributed by atoms with Crippen LogP contribution in [0.2, 0.25) is 0 Å². The number of hydrogen-bond acceptors (Lipinski definition) is 5. The molecule has 0 aliphatic rings. The maximum atomic E-state index is 12.1. The maximum Gasteiger partial charge on any atom is 0.259 e. The van der Waals surface area contributed by atoms with E-state index in [1.54, 1.807) is 35.4 Å². The van der Waals surface area contributed by atoms with Crippen molar-refractivity contribution in [3.05, 3.63) is 67.1 Å². The van der Waals surface area contributed by atoms with Gasteiger partial charge < -0.3 is 4.57 Å². The molecule has 0 aromatic carbocycles. The quantitative estimate of drug-likeness (QED) is 0.620. The Labute approximate surface area is 130 Å². The predicted molar refractivity (Wildman–Crippen MR) is 82.3 cm³/mol. The summed E-state index contributed by atoms with van der Waals surface area (Å²) >= 11 is 0. The van der Waals surface area contributed by atoms with Crippen LogP contribution in [0.25, 0.3) is 11.3 Å². The summed E-state index contributed by atoms with van der Waals surface area (Å²) in [5, 5.41) is 6.93. The highest BCUT2D eigenvalue weighted by atomic mass is 16.1. The molecule has 0 saturated heterocycles. The molecule has 4 aromatic rings. The van der Waals surface area contributed by atoms with Crippen LogP contribution in [-0.4, -0.2) is 35.0 Å². The summed E-state index contributed by atoms with van der Waals surface area (Å²) in [6.45, 7) is 0. The van der Waals surface area contributed by atoms with Crippen LogP contribution in [0.4, 0.5) is 5.95 Å². The van der Waals surface area contributed by atoms with Gasteiger partial charge in [0.05, 0.1) is 23.8 Å². The number of nitrogens with one attached hydrogen (secondary N) is 1. The van der Waals surface area contributed by atoms with Gasteiger partial charge in [-0.2, -0.15) is 4.98 Å². The number of imidazole rings is 1. The molecule has 0 spiro atoms. The van der Waals surface area contributed by atoms with Crippen LogP contribution in [-0.2, 0) is 0 Å². The smallest absolute Gasteiger partial charge is 0.259 e. The molecule has 8 nitrogen and oxygen atoms in total. The van der Waals surface area contributed by atoms with Crippen molar-refractivity contribution in [2.24, 2.45) is 0 Å². The van der Waals surface area contributed by atoms with Gasteiger partial charge in [0.15, 0.2) is 5.65 Å². The monoisotopic (exact) mass is 305 g/mol. The molecule has 0 saturated carbocycles. The Bertz CT molecular complexity index is 960. The molecule has 4 aromatic heterocycles. The van der Waals surface area contributed by atoms with Crippen LogP contribution < -0.4 is 5.32 Å². The van der Waals surface area contributed by atoms with Crippen LogP contribution in [0.1, 0.15) is 10.4 Å². The summed E-state index contributed by atoms with van der Waals surface area (Å²) in [5.74, 6) is -0.0644. The molecule has 0 radical (unpaired) electrons. The van der Waals surface area contributed by atoms with Crippen molar-refractivity contribution in [1.29, 1.82) is 0 Å². The first-order valence-corrected chi connectivity index (χ1v) is 6.86. The number of hydrogen-bond donors (Lipinski definition) is 1. The summed E-state index contributed by atoms with van der Waals surface area (Å²) in [5.41, 5.74) is 1.98. The molecule has 1 N–H and O–H groups in total. The Hall–Kier alpha value is -3.55. The van der Waals surface area contributed by atoms with Gasteiger partial charge in [-0.15, -0.1) is 5.10 Å². The number of nitrogens with zero attached hydrogens (tertiary/aromatic N) is 6. The van der Waals surface area contributed by atoms with Crippen molar-refractivity contribution in [2.45, 2.75) is 0 Å². The number of rotatable bonds is 3. The molecule has 4 heterocycles. The van der Waals surface area contributed by atoms with E-state index in [0.717, 1.165) is 5.69 Å². The third-order valence-electron chi connectivity index (χ3n) is 3.27. The molecule has 0 atom stereocenters. The van der Waals surface area contributed by atoms with Crippen molar-refractivity contribution >= 4 is 17.5 Å². The second-order valence-corrected chi connectivity index (χ2v) is 4.79. The lowest BCUT2D eigenvalue weighted by atomic mass is 10.3. The van der Waals surface area contributed by atoms with E-state index in [-0.39, 0.29) is 11.9 Å². The van der Waals surface area contributed by atoms with Gasteiger partial charge in [-0.1, -0.05) is 0 Å². The van der Waals surface area contributed by atoms with E-state index in [2.05, 4.69) is 25.4 Å². The highest BCUT2D eigenvalue weighted by molar-refractivity contribution is 6.03. The second kappa shape index (κ2) is 5.34. The minimum Gasteiger partial charge on any atom is -0.305 e. The van der Waals surface area contributed by atoms with E-state index in [4.69, 9.17) is 0 Å². The molecule has 1 amide bonds. The van der Waals surface area contributed by atoms with E-state index in [1.165, 1.54) is 6.20 Å². The van der Waals surface area contributed by atoms with Crippen molar-refractivity contribution in [1.82, 2.24) is 29.1 Å². The van der Waals surface area contributed by atoms with E-state index in [0.29, 0.717) is 11.2 Å². The molecule has 0 fully saturated rings. The molecule has 0 aliphatic heterocycles. The molecule has 0 aliphatic carbocycles. The third kappa shape index (κ3) is 2.53. The summed E-state index contributed by atoms with van der Waals surface area (Å²) in [6, 6.07) is 7.10. The normalized spacial score (nSPS) is 10.8. The van der Waals surface area contributed by atoms with Crippen LogP contribution in [0.3, 0.4) is 0 Å². The van der Waals surface area contributed by atoms with Crippen LogP contribution in [0.15, 0.2) is 61.6 Å². The Morgan fingerprint density at radius 2 is 2.09 bits per heavy atom. The minimum atomic E-state index is -0.302. The number of carbonyl (C=O) groups is 1. The zero-order chi connectivity index (χ0) is 15.6. The second-order valence-electron chi connectivity index (χ2n) is 4.79. The Morgan fingerprint density at radius 1 is 1.13 bits per heavy atom. The van der Waals surface area contributed by atoms with Crippen LogP contribution >= 0.6 is 0 Å². The lowest BCUT2D eigenvalue weighted by Gasteiger charge is -2.01. The van der Waals surface area contributed by atoms with Gasteiger partial charge in [0.2, 0.25) is 5.95 Å². The summed E-state index contributed by atoms with van der Waals surface area (Å²) < 4.78 is 3.46. The average molecular weight is 305 g/mol. The zero-order valence-electron chi connectivity index (χ0n) is 11.9. The maximum absolute atomic E-state index is 12.1. The van der Waals surface area contributed by atoms with Crippen LogP contribution in [0, 0.1) is 0 Å². The number of pyridine rings is 2. The molecule has 8 heteroatoms. The summed E-state index contributed by atoms with van der Waals surface area (Å²) in [7, 11) is 0. The minimum absolute atomic E-state index is 0.238. The zero-order valence-corrected chi connectivity index (χ0v) is 11.9. The Morgan fingerprint density at radius 3 is 2.87 bits per heavy atom. The fourth-order valence-electron chi connectivity index (χ4n) is 2.16. The highest BCUT2D eigenvalue weighted by Gasteiger charge is 2.10.